The molecule has 1 amide bonds. The second-order valence-corrected chi connectivity index (χ2v) is 8.43. The van der Waals surface area contributed by atoms with Crippen molar-refractivity contribution in [1.82, 2.24) is 24.6 Å². The molecule has 0 atom stereocenters. The predicted molar refractivity (Wildman–Crippen MR) is 131 cm³/mol. The van der Waals surface area contributed by atoms with Gasteiger partial charge in [0.25, 0.3) is 0 Å². The molecule has 2 aromatic heterocycles. The molecule has 9 nitrogen and oxygen atoms in total. The van der Waals surface area contributed by atoms with E-state index in [9.17, 15) is 4.79 Å². The fourth-order valence-electron chi connectivity index (χ4n) is 3.83. The van der Waals surface area contributed by atoms with E-state index in [2.05, 4.69) is 25.2 Å². The Kier molecular flexibility index (Phi) is 6.69. The maximum atomic E-state index is 12.0. The van der Waals surface area contributed by atoms with Gasteiger partial charge in [0.2, 0.25) is 5.91 Å². The topological polar surface area (TPSA) is 93.4 Å². The van der Waals surface area contributed by atoms with E-state index in [1.165, 1.54) is 6.21 Å². The standard InChI is InChI=1S/C24H30N8O/c1-29(2)24(33)17-31-8-10-32(11-9-31)23-13-21(6-7-26-23)28-22-12-18(4-5-19(22)14-25)20-15-27-30(3)16-20/h4-7,12-16,25H,8-11,17H2,1-3H3,(H,26,28). The summed E-state index contributed by atoms with van der Waals surface area (Å²) >= 11 is 0. The number of hydrogen-bond acceptors (Lipinski definition) is 7. The van der Waals surface area contributed by atoms with Crippen LogP contribution in [0.25, 0.3) is 11.1 Å². The number of nitrogens with one attached hydrogen (secondary N) is 2. The molecule has 172 valence electrons. The maximum Gasteiger partial charge on any atom is 0.236 e. The Morgan fingerprint density at radius 1 is 1.15 bits per heavy atom. The molecular weight excluding hydrogens is 416 g/mol. The van der Waals surface area contributed by atoms with Gasteiger partial charge < -0.3 is 20.5 Å². The van der Waals surface area contributed by atoms with E-state index in [-0.39, 0.29) is 5.91 Å². The van der Waals surface area contributed by atoms with Crippen molar-refractivity contribution in [3.05, 3.63) is 54.5 Å². The summed E-state index contributed by atoms with van der Waals surface area (Å²) in [5.41, 5.74) is 4.64. The number of carbonyl (C=O) groups is 1. The number of nitrogens with zero attached hydrogens (tertiary/aromatic N) is 6. The molecule has 2 N–H and O–H groups in total. The molecule has 0 saturated carbocycles. The first-order valence-electron chi connectivity index (χ1n) is 11.0. The number of anilines is 3. The van der Waals surface area contributed by atoms with Crippen LogP contribution in [0.5, 0.6) is 0 Å². The first-order valence-corrected chi connectivity index (χ1v) is 11.0. The monoisotopic (exact) mass is 446 g/mol. The summed E-state index contributed by atoms with van der Waals surface area (Å²) < 4.78 is 1.78. The molecule has 0 radical (unpaired) electrons. The summed E-state index contributed by atoms with van der Waals surface area (Å²) in [4.78, 5) is 22.6. The zero-order chi connectivity index (χ0) is 23.4. The van der Waals surface area contributed by atoms with Crippen LogP contribution in [0.3, 0.4) is 0 Å². The minimum absolute atomic E-state index is 0.128. The van der Waals surface area contributed by atoms with Crippen LogP contribution in [-0.2, 0) is 11.8 Å². The van der Waals surface area contributed by atoms with Gasteiger partial charge in [0.1, 0.15) is 5.82 Å². The Bertz CT molecular complexity index is 1130. The fourth-order valence-corrected chi connectivity index (χ4v) is 3.83. The van der Waals surface area contributed by atoms with E-state index >= 15 is 0 Å². The van der Waals surface area contributed by atoms with Crippen molar-refractivity contribution in [3.63, 3.8) is 0 Å². The number of aryl methyl sites for hydroxylation is 1. The van der Waals surface area contributed by atoms with Crippen LogP contribution < -0.4 is 10.2 Å². The summed E-state index contributed by atoms with van der Waals surface area (Å²) in [5.74, 6) is 1.03. The zero-order valence-electron chi connectivity index (χ0n) is 19.3. The fraction of sp³-hybridized carbons (Fsp3) is 0.333. The highest BCUT2D eigenvalue weighted by atomic mass is 16.2. The summed E-state index contributed by atoms with van der Waals surface area (Å²) in [6, 6.07) is 9.94. The van der Waals surface area contributed by atoms with E-state index in [1.807, 2.05) is 49.8 Å². The van der Waals surface area contributed by atoms with Gasteiger partial charge in [-0.05, 0) is 17.7 Å². The van der Waals surface area contributed by atoms with Crippen molar-refractivity contribution in [1.29, 1.82) is 5.41 Å². The second-order valence-electron chi connectivity index (χ2n) is 8.43. The SMILES string of the molecule is CN(C)C(=O)CN1CCN(c2cc(Nc3cc(-c4cnn(C)c4)ccc3C=N)ccn2)CC1. The van der Waals surface area contributed by atoms with Crippen LogP contribution in [0.4, 0.5) is 17.2 Å². The Hall–Kier alpha value is -3.72. The molecule has 0 spiro atoms. The average Bonchev–Trinajstić information content (AvgIpc) is 3.26. The highest BCUT2D eigenvalue weighted by Crippen LogP contribution is 2.28. The zero-order valence-corrected chi connectivity index (χ0v) is 19.3. The van der Waals surface area contributed by atoms with Crippen molar-refractivity contribution in [3.8, 4) is 11.1 Å². The third-order valence-corrected chi connectivity index (χ3v) is 5.83. The van der Waals surface area contributed by atoms with Gasteiger partial charge in [-0.15, -0.1) is 0 Å². The maximum absolute atomic E-state index is 12.0. The van der Waals surface area contributed by atoms with Crippen molar-refractivity contribution < 1.29 is 4.79 Å². The van der Waals surface area contributed by atoms with Gasteiger partial charge >= 0.3 is 0 Å². The second kappa shape index (κ2) is 9.83. The largest absolute Gasteiger partial charge is 0.355 e. The lowest BCUT2D eigenvalue weighted by molar-refractivity contribution is -0.129. The van der Waals surface area contributed by atoms with Crippen LogP contribution in [0, 0.1) is 5.41 Å². The average molecular weight is 447 g/mol. The van der Waals surface area contributed by atoms with Gasteiger partial charge in [0, 0.05) is 94.5 Å². The summed E-state index contributed by atoms with van der Waals surface area (Å²) in [6.07, 6.45) is 6.96. The van der Waals surface area contributed by atoms with Crippen LogP contribution in [0.2, 0.25) is 0 Å². The summed E-state index contributed by atoms with van der Waals surface area (Å²) in [6.45, 7) is 3.74. The Labute approximate surface area is 194 Å². The molecule has 1 fully saturated rings. The molecular formula is C24H30N8O. The Morgan fingerprint density at radius 3 is 2.61 bits per heavy atom. The molecule has 1 saturated heterocycles. The van der Waals surface area contributed by atoms with E-state index in [0.717, 1.165) is 60.1 Å². The molecule has 9 heteroatoms. The van der Waals surface area contributed by atoms with Gasteiger partial charge in [-0.1, -0.05) is 12.1 Å². The summed E-state index contributed by atoms with van der Waals surface area (Å²) in [7, 11) is 5.47. The van der Waals surface area contributed by atoms with Crippen molar-refractivity contribution >= 4 is 29.3 Å². The molecule has 3 aromatic rings. The molecule has 1 aliphatic heterocycles. The molecule has 0 unspecified atom stereocenters. The number of pyridine rings is 1. The van der Waals surface area contributed by atoms with Gasteiger partial charge in [-0.25, -0.2) is 4.98 Å². The van der Waals surface area contributed by atoms with Gasteiger partial charge in [0.05, 0.1) is 12.7 Å². The van der Waals surface area contributed by atoms with Crippen LogP contribution >= 0.6 is 0 Å². The smallest absolute Gasteiger partial charge is 0.236 e. The first kappa shape index (κ1) is 22.5. The number of rotatable bonds is 7. The molecule has 1 aliphatic rings. The molecule has 3 heterocycles. The van der Waals surface area contributed by atoms with Crippen LogP contribution in [-0.4, -0.2) is 83.5 Å². The molecule has 0 bridgehead atoms. The number of hydrogen-bond donors (Lipinski definition) is 2. The highest BCUT2D eigenvalue weighted by molar-refractivity contribution is 5.89. The molecule has 0 aliphatic carbocycles. The third-order valence-electron chi connectivity index (χ3n) is 5.83. The predicted octanol–water partition coefficient (Wildman–Crippen LogP) is 2.43. The third kappa shape index (κ3) is 5.38. The van der Waals surface area contributed by atoms with Gasteiger partial charge in [0.15, 0.2) is 0 Å². The molecule has 4 rings (SSSR count). The number of aromatic nitrogens is 3. The number of amides is 1. The van der Waals surface area contributed by atoms with Crippen molar-refractivity contribution in [2.24, 2.45) is 7.05 Å². The number of carbonyl (C=O) groups excluding carboxylic acids is 1. The number of benzene rings is 1. The van der Waals surface area contributed by atoms with E-state index in [0.29, 0.717) is 6.54 Å². The van der Waals surface area contributed by atoms with Gasteiger partial charge in [-0.3, -0.25) is 14.4 Å². The van der Waals surface area contributed by atoms with E-state index in [4.69, 9.17) is 5.41 Å². The molecule has 33 heavy (non-hydrogen) atoms. The van der Waals surface area contributed by atoms with E-state index < -0.39 is 0 Å². The first-order chi connectivity index (χ1) is 15.9. The van der Waals surface area contributed by atoms with Crippen LogP contribution in [0.15, 0.2) is 48.9 Å². The highest BCUT2D eigenvalue weighted by Gasteiger charge is 2.20. The van der Waals surface area contributed by atoms with E-state index in [1.54, 1.807) is 29.9 Å². The van der Waals surface area contributed by atoms with Gasteiger partial charge in [-0.2, -0.15) is 5.10 Å². The lowest BCUT2D eigenvalue weighted by Crippen LogP contribution is -2.49. The lowest BCUT2D eigenvalue weighted by atomic mass is 10.1. The van der Waals surface area contributed by atoms with Crippen molar-refractivity contribution in [2.75, 3.05) is 57.0 Å². The quantitative estimate of drug-likeness (QED) is 0.542. The number of likely N-dealkylation sites (N-methyl/N-ethyl adjacent to an activating group) is 1. The normalized spacial score (nSPS) is 14.2. The van der Waals surface area contributed by atoms with Crippen molar-refractivity contribution in [2.45, 2.75) is 0 Å². The number of piperazine rings is 1. The minimum Gasteiger partial charge on any atom is -0.355 e. The van der Waals surface area contributed by atoms with Crippen LogP contribution in [0.1, 0.15) is 5.56 Å². The lowest BCUT2D eigenvalue weighted by Gasteiger charge is -2.35. The summed E-state index contributed by atoms with van der Waals surface area (Å²) in [5, 5.41) is 15.5. The Morgan fingerprint density at radius 2 is 1.94 bits per heavy atom. The molecule has 1 aromatic carbocycles. The Balaban J connectivity index is 1.47. The minimum atomic E-state index is 0.128.